The van der Waals surface area contributed by atoms with Crippen LogP contribution in [0.4, 0.5) is 0 Å². The molecule has 0 saturated carbocycles. The number of hydrogen-bond donors (Lipinski definition) is 0. The van der Waals surface area contributed by atoms with Crippen molar-refractivity contribution in [3.63, 3.8) is 0 Å². The first-order chi connectivity index (χ1) is 24.4. The minimum atomic E-state index is -2.05. The van der Waals surface area contributed by atoms with Crippen LogP contribution in [0, 0.1) is 0 Å². The Balaban J connectivity index is 0.000000230. The highest BCUT2D eigenvalue weighted by molar-refractivity contribution is 6.61. The van der Waals surface area contributed by atoms with Crippen molar-refractivity contribution in [2.24, 2.45) is 0 Å². The third-order valence-electron chi connectivity index (χ3n) is 8.06. The average Bonchev–Trinajstić information content (AvgIpc) is 3.19. The summed E-state index contributed by atoms with van der Waals surface area (Å²) < 4.78 is 18.8. The Labute approximate surface area is 309 Å². The minimum Gasteiger partial charge on any atom is -0.412 e. The Bertz CT molecular complexity index is 1710. The Morgan fingerprint density at radius 3 is 1.20 bits per heavy atom. The molecule has 0 spiro atoms. The zero-order chi connectivity index (χ0) is 35.4. The molecule has 6 aromatic rings. The van der Waals surface area contributed by atoms with E-state index < -0.39 is 19.0 Å². The number of carbonyl (C=O) groups excluding carboxylic acids is 1. The number of hydrogen-bond acceptors (Lipinski definition) is 4. The van der Waals surface area contributed by atoms with Gasteiger partial charge in [-0.1, -0.05) is 189 Å². The molecule has 0 aromatic heterocycles. The number of carbonyl (C=O) groups is 1. The highest BCUT2D eigenvalue weighted by Crippen LogP contribution is 2.22. The Hall–Kier alpha value is -4.70. The summed E-state index contributed by atoms with van der Waals surface area (Å²) in [6.45, 7) is 7.87. The quantitative estimate of drug-likeness (QED) is 0.0938. The molecule has 6 heteroatoms. The van der Waals surface area contributed by atoms with Crippen molar-refractivity contribution in [1.29, 1.82) is 0 Å². The zero-order valence-electron chi connectivity index (χ0n) is 29.5. The number of ketones is 1. The molecule has 0 aliphatic heterocycles. The van der Waals surface area contributed by atoms with E-state index in [-0.39, 0.29) is 31.5 Å². The second-order valence-electron chi connectivity index (χ2n) is 11.9. The van der Waals surface area contributed by atoms with E-state index in [0.717, 1.165) is 10.8 Å². The van der Waals surface area contributed by atoms with E-state index in [1.54, 1.807) is 6.92 Å². The van der Waals surface area contributed by atoms with Gasteiger partial charge in [0.2, 0.25) is 0 Å². The Morgan fingerprint density at radius 2 is 0.824 bits per heavy atom. The molecule has 6 rings (SSSR count). The van der Waals surface area contributed by atoms with Gasteiger partial charge in [-0.15, -0.1) is 0 Å². The maximum atomic E-state index is 10.6. The second-order valence-corrected chi connectivity index (χ2v) is 15.2. The van der Waals surface area contributed by atoms with Crippen LogP contribution in [0.25, 0.3) is 0 Å². The van der Waals surface area contributed by atoms with Gasteiger partial charge in [0.25, 0.3) is 0 Å². The minimum absolute atomic E-state index is 0. The number of Topliss-reactive ketones (excluding diaryl/α,β-unsaturated/α-hetero) is 1. The van der Waals surface area contributed by atoms with Gasteiger partial charge in [0.05, 0.1) is 18.3 Å². The van der Waals surface area contributed by atoms with Crippen molar-refractivity contribution >= 4 is 35.2 Å². The van der Waals surface area contributed by atoms with Gasteiger partial charge >= 0.3 is 9.28 Å². The van der Waals surface area contributed by atoms with E-state index in [1.807, 2.05) is 97.1 Å². The summed E-state index contributed by atoms with van der Waals surface area (Å²) in [6.07, 6.45) is 0.204. The van der Waals surface area contributed by atoms with E-state index in [0.29, 0.717) is 0 Å². The molecule has 4 nitrogen and oxygen atoms in total. The molecule has 264 valence electrons. The normalized spacial score (nSPS) is 12.9. The lowest BCUT2D eigenvalue weighted by atomic mass is 10.1. The van der Waals surface area contributed by atoms with Gasteiger partial charge in [-0.2, -0.15) is 0 Å². The van der Waals surface area contributed by atoms with Crippen LogP contribution in [-0.2, 0) is 13.3 Å². The molecule has 0 aliphatic carbocycles. The molecular formula is C45H52O4Si2. The summed E-state index contributed by atoms with van der Waals surface area (Å²) in [6, 6.07) is 61.0. The SMILES string of the molecule is C.CC(=O)c1ccccc1.CC(O[SiH2]c1ccccc1)c1ccccc1.CC(O[SiH](OC(C)c1ccccc1)c1ccccc1)c1ccccc1. The standard InChI is InChI=1S/C22H24O2Si.C14H16OSi.C8H8O.CH4/c1-18(20-12-6-3-7-13-20)23-25(22-16-10-5-11-17-22)24-19(2)21-14-8-4-9-15-21;1-12(13-8-4-2-5-9-13)15-16-14-10-6-3-7-11-14;1-7(9)8-5-3-2-4-6-8;/h3-19,25H,1-2H3;2-12H,16H2,1H3;2-6H,1H3;1H4. The fraction of sp³-hybridized carbons (Fsp3) is 0.178. The molecule has 0 fully saturated rings. The van der Waals surface area contributed by atoms with E-state index in [1.165, 1.54) is 21.9 Å². The van der Waals surface area contributed by atoms with Crippen molar-refractivity contribution in [2.45, 2.75) is 53.4 Å². The average molecular weight is 713 g/mol. The van der Waals surface area contributed by atoms with Crippen LogP contribution in [0.3, 0.4) is 0 Å². The Kier molecular flexibility index (Phi) is 18.3. The van der Waals surface area contributed by atoms with Gasteiger partial charge in [-0.3, -0.25) is 4.79 Å². The monoisotopic (exact) mass is 712 g/mol. The first-order valence-corrected chi connectivity index (χ1v) is 19.9. The Morgan fingerprint density at radius 1 is 0.490 bits per heavy atom. The molecule has 3 atom stereocenters. The molecule has 0 heterocycles. The van der Waals surface area contributed by atoms with Crippen molar-refractivity contribution < 1.29 is 18.1 Å². The fourth-order valence-corrected chi connectivity index (χ4v) is 8.13. The molecule has 0 saturated heterocycles. The van der Waals surface area contributed by atoms with Crippen LogP contribution in [0.2, 0.25) is 0 Å². The third kappa shape index (κ3) is 14.6. The van der Waals surface area contributed by atoms with Crippen LogP contribution < -0.4 is 10.4 Å². The van der Waals surface area contributed by atoms with Crippen LogP contribution in [0.5, 0.6) is 0 Å². The molecule has 0 radical (unpaired) electrons. The van der Waals surface area contributed by atoms with Gasteiger partial charge in [0.1, 0.15) is 0 Å². The summed E-state index contributed by atoms with van der Waals surface area (Å²) in [5.41, 5.74) is 4.38. The summed E-state index contributed by atoms with van der Waals surface area (Å²) in [5.74, 6) is 0.121. The van der Waals surface area contributed by atoms with Gasteiger partial charge in [0, 0.05) is 5.56 Å². The van der Waals surface area contributed by atoms with Gasteiger partial charge in [-0.05, 0) is 54.8 Å². The first kappa shape index (κ1) is 40.7. The molecule has 0 amide bonds. The lowest BCUT2D eigenvalue weighted by Crippen LogP contribution is -2.38. The predicted octanol–water partition coefficient (Wildman–Crippen LogP) is 9.37. The lowest BCUT2D eigenvalue weighted by Gasteiger charge is -2.25. The molecule has 51 heavy (non-hydrogen) atoms. The smallest absolute Gasteiger partial charge is 0.356 e. The van der Waals surface area contributed by atoms with Crippen molar-refractivity contribution in [2.75, 3.05) is 0 Å². The predicted molar refractivity (Wildman–Crippen MR) is 219 cm³/mol. The molecule has 3 unspecified atom stereocenters. The largest absolute Gasteiger partial charge is 0.412 e. The van der Waals surface area contributed by atoms with Crippen molar-refractivity contribution in [1.82, 2.24) is 0 Å². The molecule has 0 aliphatic rings. The molecular weight excluding hydrogens is 661 g/mol. The maximum Gasteiger partial charge on any atom is 0.356 e. The van der Waals surface area contributed by atoms with Gasteiger partial charge < -0.3 is 13.3 Å². The van der Waals surface area contributed by atoms with E-state index >= 15 is 0 Å². The van der Waals surface area contributed by atoms with Crippen LogP contribution >= 0.6 is 0 Å². The summed E-state index contributed by atoms with van der Waals surface area (Å²) in [5, 5.41) is 2.51. The fourth-order valence-electron chi connectivity index (χ4n) is 5.06. The van der Waals surface area contributed by atoms with E-state index in [2.05, 4.69) is 106 Å². The van der Waals surface area contributed by atoms with Crippen LogP contribution in [0.15, 0.2) is 182 Å². The summed E-state index contributed by atoms with van der Waals surface area (Å²) >= 11 is 0. The van der Waals surface area contributed by atoms with Crippen LogP contribution in [-0.4, -0.2) is 24.8 Å². The highest BCUT2D eigenvalue weighted by atomic mass is 28.3. The van der Waals surface area contributed by atoms with Crippen LogP contribution in [0.1, 0.15) is 80.5 Å². The van der Waals surface area contributed by atoms with E-state index in [9.17, 15) is 4.79 Å². The second kappa shape index (κ2) is 22.9. The summed E-state index contributed by atoms with van der Waals surface area (Å²) in [7, 11) is -2.65. The highest BCUT2D eigenvalue weighted by Gasteiger charge is 2.23. The van der Waals surface area contributed by atoms with Gasteiger partial charge in [-0.25, -0.2) is 0 Å². The molecule has 6 aromatic carbocycles. The molecule has 0 bridgehead atoms. The van der Waals surface area contributed by atoms with Crippen molar-refractivity contribution in [3.05, 3.63) is 204 Å². The summed E-state index contributed by atoms with van der Waals surface area (Å²) in [4.78, 5) is 10.6. The van der Waals surface area contributed by atoms with E-state index in [4.69, 9.17) is 13.3 Å². The van der Waals surface area contributed by atoms with Crippen molar-refractivity contribution in [3.8, 4) is 0 Å². The lowest BCUT2D eigenvalue weighted by molar-refractivity contribution is 0.101. The first-order valence-electron chi connectivity index (χ1n) is 17.1. The van der Waals surface area contributed by atoms with Gasteiger partial charge in [0.15, 0.2) is 15.5 Å². The number of rotatable bonds is 12. The zero-order valence-corrected chi connectivity index (χ0v) is 32.0. The molecule has 0 N–H and O–H groups in total. The number of benzene rings is 6. The maximum absolute atomic E-state index is 10.6. The third-order valence-corrected chi connectivity index (χ3v) is 11.8. The topological polar surface area (TPSA) is 44.8 Å².